The Morgan fingerprint density at radius 1 is 1.16 bits per heavy atom. The number of rotatable bonds is 6. The van der Waals surface area contributed by atoms with Gasteiger partial charge in [0.05, 0.1) is 31.2 Å². The molecule has 1 aromatic rings. The van der Waals surface area contributed by atoms with E-state index in [1.807, 2.05) is 6.07 Å². The van der Waals surface area contributed by atoms with Crippen LogP contribution in [0.5, 0.6) is 0 Å². The zero-order chi connectivity index (χ0) is 18.4. The largest absolute Gasteiger partial charge is 0.466 e. The van der Waals surface area contributed by atoms with Gasteiger partial charge in [-0.2, -0.15) is 0 Å². The van der Waals surface area contributed by atoms with Crippen molar-refractivity contribution >= 4 is 33.9 Å². The first-order valence-electron chi connectivity index (χ1n) is 7.85. The predicted molar refractivity (Wildman–Crippen MR) is 93.5 cm³/mol. The number of halogens is 1. The number of esters is 2. The Morgan fingerprint density at radius 3 is 2.48 bits per heavy atom. The third-order valence-electron chi connectivity index (χ3n) is 3.49. The standard InChI is InChI=1S/C17H19BrN2O5/c1-3-24-13(21)9-12-14(16(22)25-4-2)15(20-17(23)19-12)10-7-5-6-8-11(10)18/h5-8,15H,3-4,9H2,1-2H3,(H2,19,20,23). The van der Waals surface area contributed by atoms with Gasteiger partial charge in [-0.1, -0.05) is 34.1 Å². The molecule has 0 bridgehead atoms. The maximum Gasteiger partial charge on any atom is 0.338 e. The van der Waals surface area contributed by atoms with Crippen LogP contribution in [0, 0.1) is 0 Å². The number of amides is 2. The Morgan fingerprint density at radius 2 is 1.84 bits per heavy atom. The number of carbonyl (C=O) groups excluding carboxylic acids is 3. The number of hydrogen-bond acceptors (Lipinski definition) is 5. The van der Waals surface area contributed by atoms with Gasteiger partial charge in [-0.25, -0.2) is 9.59 Å². The second-order valence-electron chi connectivity index (χ2n) is 5.15. The monoisotopic (exact) mass is 410 g/mol. The van der Waals surface area contributed by atoms with Crippen molar-refractivity contribution in [2.45, 2.75) is 26.3 Å². The molecule has 0 spiro atoms. The normalized spacial score (nSPS) is 16.8. The summed E-state index contributed by atoms with van der Waals surface area (Å²) >= 11 is 3.42. The average molecular weight is 411 g/mol. The summed E-state index contributed by atoms with van der Waals surface area (Å²) in [5.41, 5.74) is 1.05. The fourth-order valence-electron chi connectivity index (χ4n) is 2.51. The second kappa shape index (κ2) is 8.66. The van der Waals surface area contributed by atoms with Crippen LogP contribution in [0.25, 0.3) is 0 Å². The first kappa shape index (κ1) is 19.0. The quantitative estimate of drug-likeness (QED) is 0.702. The van der Waals surface area contributed by atoms with E-state index in [1.165, 1.54) is 0 Å². The van der Waals surface area contributed by atoms with Crippen molar-refractivity contribution in [1.82, 2.24) is 10.6 Å². The van der Waals surface area contributed by atoms with E-state index in [0.717, 1.165) is 4.47 Å². The molecule has 1 aliphatic heterocycles. The van der Waals surface area contributed by atoms with Crippen molar-refractivity contribution in [3.8, 4) is 0 Å². The molecule has 2 amide bonds. The van der Waals surface area contributed by atoms with Gasteiger partial charge in [-0.05, 0) is 25.5 Å². The summed E-state index contributed by atoms with van der Waals surface area (Å²) in [6, 6.07) is 5.95. The van der Waals surface area contributed by atoms with Crippen molar-refractivity contribution in [2.24, 2.45) is 0 Å². The summed E-state index contributed by atoms with van der Waals surface area (Å²) in [4.78, 5) is 36.4. The van der Waals surface area contributed by atoms with Gasteiger partial charge >= 0.3 is 18.0 Å². The molecule has 0 fully saturated rings. The Balaban J connectivity index is 2.51. The molecule has 7 nitrogen and oxygen atoms in total. The zero-order valence-corrected chi connectivity index (χ0v) is 15.5. The zero-order valence-electron chi connectivity index (χ0n) is 13.9. The van der Waals surface area contributed by atoms with E-state index in [-0.39, 0.29) is 30.9 Å². The van der Waals surface area contributed by atoms with Gasteiger partial charge in [-0.15, -0.1) is 0 Å². The smallest absolute Gasteiger partial charge is 0.338 e. The van der Waals surface area contributed by atoms with Gasteiger partial charge in [-0.3, -0.25) is 4.79 Å². The lowest BCUT2D eigenvalue weighted by atomic mass is 9.94. The van der Waals surface area contributed by atoms with E-state index >= 15 is 0 Å². The van der Waals surface area contributed by atoms with Crippen molar-refractivity contribution in [1.29, 1.82) is 0 Å². The number of carbonyl (C=O) groups is 3. The summed E-state index contributed by atoms with van der Waals surface area (Å²) in [7, 11) is 0. The first-order chi connectivity index (χ1) is 12.0. The Labute approximate surface area is 153 Å². The average Bonchev–Trinajstić information content (AvgIpc) is 2.55. The molecule has 1 unspecified atom stereocenters. The molecule has 0 saturated carbocycles. The van der Waals surface area contributed by atoms with Crippen LogP contribution < -0.4 is 10.6 Å². The number of nitrogens with one attached hydrogen (secondary N) is 2. The molecule has 0 aromatic heterocycles. The molecule has 8 heteroatoms. The Kier molecular flexibility index (Phi) is 6.58. The summed E-state index contributed by atoms with van der Waals surface area (Å²) in [6.45, 7) is 3.75. The van der Waals surface area contributed by atoms with Crippen LogP contribution in [0.4, 0.5) is 4.79 Å². The Hall–Kier alpha value is -2.35. The summed E-state index contributed by atoms with van der Waals surface area (Å²) < 4.78 is 10.8. The molecule has 134 valence electrons. The summed E-state index contributed by atoms with van der Waals surface area (Å²) in [6.07, 6.45) is -0.226. The van der Waals surface area contributed by atoms with Gasteiger partial charge in [0, 0.05) is 10.2 Å². The van der Waals surface area contributed by atoms with Crippen molar-refractivity contribution in [3.63, 3.8) is 0 Å². The van der Waals surface area contributed by atoms with Crippen molar-refractivity contribution < 1.29 is 23.9 Å². The van der Waals surface area contributed by atoms with E-state index in [1.54, 1.807) is 32.0 Å². The molecular weight excluding hydrogens is 392 g/mol. The maximum absolute atomic E-state index is 12.5. The molecular formula is C17H19BrN2O5. The highest BCUT2D eigenvalue weighted by atomic mass is 79.9. The molecule has 25 heavy (non-hydrogen) atoms. The summed E-state index contributed by atoms with van der Waals surface area (Å²) in [5, 5.41) is 5.23. The maximum atomic E-state index is 12.5. The highest BCUT2D eigenvalue weighted by molar-refractivity contribution is 9.10. The SMILES string of the molecule is CCOC(=O)CC1=C(C(=O)OCC)C(c2ccccc2Br)NC(=O)N1. The predicted octanol–water partition coefficient (Wildman–Crippen LogP) is 2.57. The molecule has 1 heterocycles. The van der Waals surface area contributed by atoms with Gasteiger partial charge in [0.25, 0.3) is 0 Å². The highest BCUT2D eigenvalue weighted by Gasteiger charge is 2.35. The first-order valence-corrected chi connectivity index (χ1v) is 8.64. The fraction of sp³-hybridized carbons (Fsp3) is 0.353. The molecule has 0 aliphatic carbocycles. The van der Waals surface area contributed by atoms with E-state index < -0.39 is 24.0 Å². The molecule has 0 radical (unpaired) electrons. The minimum absolute atomic E-state index is 0.172. The lowest BCUT2D eigenvalue weighted by molar-refractivity contribution is -0.142. The van der Waals surface area contributed by atoms with Gasteiger partial charge < -0.3 is 20.1 Å². The number of ether oxygens (including phenoxy) is 2. The number of urea groups is 1. The van der Waals surface area contributed by atoms with Crippen LogP contribution in [0.3, 0.4) is 0 Å². The minimum Gasteiger partial charge on any atom is -0.466 e. The van der Waals surface area contributed by atoms with Gasteiger partial charge in [0.15, 0.2) is 0 Å². The lowest BCUT2D eigenvalue weighted by Crippen LogP contribution is -2.46. The molecule has 1 aliphatic rings. The molecule has 1 aromatic carbocycles. The van der Waals surface area contributed by atoms with E-state index in [0.29, 0.717) is 5.56 Å². The topological polar surface area (TPSA) is 93.7 Å². The summed E-state index contributed by atoms with van der Waals surface area (Å²) in [5.74, 6) is -1.14. The van der Waals surface area contributed by atoms with Gasteiger partial charge in [0.1, 0.15) is 0 Å². The van der Waals surface area contributed by atoms with Crippen LogP contribution >= 0.6 is 15.9 Å². The van der Waals surface area contributed by atoms with Crippen LogP contribution in [0.1, 0.15) is 31.9 Å². The van der Waals surface area contributed by atoms with Crippen molar-refractivity contribution in [3.05, 3.63) is 45.6 Å². The van der Waals surface area contributed by atoms with E-state index in [9.17, 15) is 14.4 Å². The van der Waals surface area contributed by atoms with Gasteiger partial charge in [0.2, 0.25) is 0 Å². The van der Waals surface area contributed by atoms with E-state index in [2.05, 4.69) is 26.6 Å². The van der Waals surface area contributed by atoms with Crippen LogP contribution in [-0.4, -0.2) is 31.2 Å². The third kappa shape index (κ3) is 4.60. The molecule has 0 saturated heterocycles. The van der Waals surface area contributed by atoms with Crippen LogP contribution in [-0.2, 0) is 19.1 Å². The van der Waals surface area contributed by atoms with Crippen LogP contribution in [0.2, 0.25) is 0 Å². The second-order valence-corrected chi connectivity index (χ2v) is 6.00. The lowest BCUT2D eigenvalue weighted by Gasteiger charge is -2.29. The number of hydrogen-bond donors (Lipinski definition) is 2. The fourth-order valence-corrected chi connectivity index (χ4v) is 3.02. The number of benzene rings is 1. The minimum atomic E-state index is -0.743. The highest BCUT2D eigenvalue weighted by Crippen LogP contribution is 2.33. The van der Waals surface area contributed by atoms with Crippen LogP contribution in [0.15, 0.2) is 40.0 Å². The molecule has 2 N–H and O–H groups in total. The molecule has 1 atom stereocenters. The third-order valence-corrected chi connectivity index (χ3v) is 4.21. The Bertz CT molecular complexity index is 717. The van der Waals surface area contributed by atoms with E-state index in [4.69, 9.17) is 9.47 Å². The van der Waals surface area contributed by atoms with Crippen molar-refractivity contribution in [2.75, 3.05) is 13.2 Å². The molecule has 2 rings (SSSR count).